The molecule has 0 aliphatic heterocycles. The fourth-order valence-electron chi connectivity index (χ4n) is 3.85. The monoisotopic (exact) mass is 385 g/mol. The fraction of sp³-hybridized carbons (Fsp3) is 0.714. The van der Waals surface area contributed by atoms with Gasteiger partial charge in [0.2, 0.25) is 0 Å². The van der Waals surface area contributed by atoms with Gasteiger partial charge in [0, 0.05) is 13.0 Å². The van der Waals surface area contributed by atoms with E-state index in [0.717, 1.165) is 38.3 Å². The summed E-state index contributed by atoms with van der Waals surface area (Å²) in [7, 11) is 4.18. The van der Waals surface area contributed by atoms with E-state index in [0.29, 0.717) is 15.5 Å². The Balaban J connectivity index is 2.11. The van der Waals surface area contributed by atoms with Crippen molar-refractivity contribution >= 4 is 23.2 Å². The van der Waals surface area contributed by atoms with Gasteiger partial charge in [-0.25, -0.2) is 0 Å². The second kappa shape index (κ2) is 8.61. The van der Waals surface area contributed by atoms with Gasteiger partial charge in [0.05, 0.1) is 22.3 Å². The van der Waals surface area contributed by atoms with Crippen LogP contribution in [0.3, 0.4) is 0 Å². The Morgan fingerprint density at radius 3 is 2.28 bits per heavy atom. The van der Waals surface area contributed by atoms with Crippen molar-refractivity contribution in [3.8, 4) is 0 Å². The van der Waals surface area contributed by atoms with Crippen LogP contribution in [0.1, 0.15) is 52.0 Å². The van der Waals surface area contributed by atoms with E-state index < -0.39 is 0 Å². The van der Waals surface area contributed by atoms with Gasteiger partial charge >= 0.3 is 0 Å². The predicted molar refractivity (Wildman–Crippen MR) is 109 cm³/mol. The molecule has 0 spiro atoms. The van der Waals surface area contributed by atoms with Crippen LogP contribution in [-0.4, -0.2) is 37.7 Å². The third kappa shape index (κ3) is 6.13. The summed E-state index contributed by atoms with van der Waals surface area (Å²) in [6, 6.07) is 5.98. The number of hydrogen-bond donors (Lipinski definition) is 0. The van der Waals surface area contributed by atoms with Crippen molar-refractivity contribution in [1.29, 1.82) is 0 Å². The van der Waals surface area contributed by atoms with Crippen molar-refractivity contribution in [2.24, 2.45) is 11.3 Å². The van der Waals surface area contributed by atoms with Crippen molar-refractivity contribution in [2.45, 2.75) is 58.5 Å². The number of rotatable bonds is 6. The van der Waals surface area contributed by atoms with Crippen LogP contribution in [0.2, 0.25) is 10.0 Å². The number of nitrogens with zero attached hydrogens (tertiary/aromatic N) is 1. The Kier molecular flexibility index (Phi) is 7.24. The Bertz CT molecular complexity index is 558. The van der Waals surface area contributed by atoms with Crippen molar-refractivity contribution in [2.75, 3.05) is 27.2 Å². The predicted octanol–water partition coefficient (Wildman–Crippen LogP) is 6.09. The lowest BCUT2D eigenvalue weighted by Gasteiger charge is -2.44. The summed E-state index contributed by atoms with van der Waals surface area (Å²) in [5, 5.41) is 1.25. The van der Waals surface area contributed by atoms with Gasteiger partial charge in [-0.2, -0.15) is 0 Å². The van der Waals surface area contributed by atoms with E-state index in [1.165, 1.54) is 18.4 Å². The van der Waals surface area contributed by atoms with Crippen molar-refractivity contribution < 1.29 is 4.74 Å². The van der Waals surface area contributed by atoms with E-state index in [-0.39, 0.29) is 5.60 Å². The molecule has 0 atom stereocenters. The van der Waals surface area contributed by atoms with E-state index in [1.54, 1.807) is 0 Å². The molecule has 0 unspecified atom stereocenters. The molecule has 1 aliphatic carbocycles. The van der Waals surface area contributed by atoms with Gasteiger partial charge in [0.15, 0.2) is 0 Å². The normalized spacial score (nSPS) is 24.7. The van der Waals surface area contributed by atoms with E-state index >= 15 is 0 Å². The summed E-state index contributed by atoms with van der Waals surface area (Å²) in [6.45, 7) is 8.80. The summed E-state index contributed by atoms with van der Waals surface area (Å²) < 4.78 is 6.50. The van der Waals surface area contributed by atoms with E-state index in [1.807, 2.05) is 12.1 Å². The Morgan fingerprint density at radius 2 is 1.76 bits per heavy atom. The first-order chi connectivity index (χ1) is 11.6. The van der Waals surface area contributed by atoms with Crippen molar-refractivity contribution in [3.63, 3.8) is 0 Å². The molecule has 1 fully saturated rings. The average molecular weight is 386 g/mol. The molecule has 0 bridgehead atoms. The molecule has 2 rings (SSSR count). The van der Waals surface area contributed by atoms with Gasteiger partial charge < -0.3 is 9.64 Å². The van der Waals surface area contributed by atoms with Crippen LogP contribution in [0, 0.1) is 11.3 Å². The van der Waals surface area contributed by atoms with Gasteiger partial charge in [0.25, 0.3) is 0 Å². The standard InChI is InChI=1S/C21H33Cl2NO/c1-20(2,3)17-8-10-21(11-9-17,25-13-12-24(4)5)15-16-6-7-18(22)19(23)14-16/h6-7,14,17H,8-13,15H2,1-5H3. The minimum atomic E-state index is -0.0745. The SMILES string of the molecule is CN(C)CCOC1(Cc2ccc(Cl)c(Cl)c2)CCC(C(C)(C)C)CC1. The lowest BCUT2D eigenvalue weighted by atomic mass is 9.67. The van der Waals surface area contributed by atoms with Crippen molar-refractivity contribution in [1.82, 2.24) is 4.90 Å². The molecule has 2 nitrogen and oxygen atoms in total. The highest BCUT2D eigenvalue weighted by atomic mass is 35.5. The highest BCUT2D eigenvalue weighted by Crippen LogP contribution is 2.44. The van der Waals surface area contributed by atoms with Crippen LogP contribution >= 0.6 is 23.2 Å². The van der Waals surface area contributed by atoms with Gasteiger partial charge in [-0.1, -0.05) is 50.0 Å². The van der Waals surface area contributed by atoms with Gasteiger partial charge in [-0.3, -0.25) is 0 Å². The molecule has 4 heteroatoms. The number of halogens is 2. The molecule has 1 aromatic carbocycles. The van der Waals surface area contributed by atoms with Crippen molar-refractivity contribution in [3.05, 3.63) is 33.8 Å². The summed E-state index contributed by atoms with van der Waals surface area (Å²) in [6.07, 6.45) is 5.60. The number of likely N-dealkylation sites (N-methyl/N-ethyl adjacent to an activating group) is 1. The molecule has 0 heterocycles. The van der Waals surface area contributed by atoms with Crippen LogP contribution < -0.4 is 0 Å². The maximum atomic E-state index is 6.50. The van der Waals surface area contributed by atoms with Gasteiger partial charge in [0.1, 0.15) is 0 Å². The summed E-state index contributed by atoms with van der Waals surface area (Å²) >= 11 is 12.3. The van der Waals surface area contributed by atoms with Gasteiger partial charge in [-0.05, 0) is 68.8 Å². The summed E-state index contributed by atoms with van der Waals surface area (Å²) in [5.41, 5.74) is 1.52. The molecule has 0 N–H and O–H groups in total. The largest absolute Gasteiger partial charge is 0.373 e. The maximum Gasteiger partial charge on any atom is 0.0723 e. The fourth-order valence-corrected chi connectivity index (χ4v) is 4.17. The zero-order valence-corrected chi connectivity index (χ0v) is 17.9. The summed E-state index contributed by atoms with van der Waals surface area (Å²) in [5.74, 6) is 0.770. The third-order valence-corrected chi connectivity index (χ3v) is 6.32. The molecular formula is C21H33Cl2NO. The highest BCUT2D eigenvalue weighted by molar-refractivity contribution is 6.42. The Labute approximate surface area is 163 Å². The van der Waals surface area contributed by atoms with Crippen LogP contribution in [-0.2, 0) is 11.2 Å². The summed E-state index contributed by atoms with van der Waals surface area (Å²) in [4.78, 5) is 2.17. The number of benzene rings is 1. The topological polar surface area (TPSA) is 12.5 Å². The van der Waals surface area contributed by atoms with E-state index in [4.69, 9.17) is 27.9 Å². The Hall–Kier alpha value is -0.280. The zero-order chi connectivity index (χ0) is 18.7. The minimum Gasteiger partial charge on any atom is -0.373 e. The van der Waals surface area contributed by atoms with E-state index in [9.17, 15) is 0 Å². The molecule has 25 heavy (non-hydrogen) atoms. The van der Waals surface area contributed by atoms with E-state index in [2.05, 4.69) is 45.8 Å². The van der Waals surface area contributed by atoms with Crippen LogP contribution in [0.5, 0.6) is 0 Å². The second-order valence-electron chi connectivity index (χ2n) is 8.90. The molecule has 0 amide bonds. The second-order valence-corrected chi connectivity index (χ2v) is 9.71. The molecule has 1 saturated carbocycles. The molecule has 0 aromatic heterocycles. The van der Waals surface area contributed by atoms with Crippen LogP contribution in [0.25, 0.3) is 0 Å². The molecule has 0 radical (unpaired) electrons. The first-order valence-electron chi connectivity index (χ1n) is 9.34. The van der Waals surface area contributed by atoms with Crippen LogP contribution in [0.15, 0.2) is 18.2 Å². The molecule has 1 aromatic rings. The first kappa shape index (κ1) is 21.0. The molecule has 142 valence electrons. The molecule has 1 aliphatic rings. The zero-order valence-electron chi connectivity index (χ0n) is 16.4. The van der Waals surface area contributed by atoms with Gasteiger partial charge in [-0.15, -0.1) is 0 Å². The minimum absolute atomic E-state index is 0.0745. The molecule has 0 saturated heterocycles. The third-order valence-electron chi connectivity index (χ3n) is 5.58. The van der Waals surface area contributed by atoms with Crippen LogP contribution in [0.4, 0.5) is 0 Å². The number of ether oxygens (including phenoxy) is 1. The maximum absolute atomic E-state index is 6.50. The molecular weight excluding hydrogens is 353 g/mol. The highest BCUT2D eigenvalue weighted by Gasteiger charge is 2.39. The smallest absolute Gasteiger partial charge is 0.0723 e. The lowest BCUT2D eigenvalue weighted by molar-refractivity contribution is -0.0884. The quantitative estimate of drug-likeness (QED) is 0.587. The Morgan fingerprint density at radius 1 is 1.12 bits per heavy atom. The average Bonchev–Trinajstić information content (AvgIpc) is 2.50. The number of hydrogen-bond acceptors (Lipinski definition) is 2. The first-order valence-corrected chi connectivity index (χ1v) is 10.1. The lowest BCUT2D eigenvalue weighted by Crippen LogP contribution is -2.42.